The Hall–Kier alpha value is -2.40. The Kier molecular flexibility index (Phi) is 6.23. The first-order valence-corrected chi connectivity index (χ1v) is 9.47. The van der Waals surface area contributed by atoms with Gasteiger partial charge in [-0.25, -0.2) is 4.98 Å². The van der Waals surface area contributed by atoms with Gasteiger partial charge >= 0.3 is 0 Å². The largest absolute Gasteiger partial charge is 0.354 e. The summed E-state index contributed by atoms with van der Waals surface area (Å²) in [6, 6.07) is 14.5. The lowest BCUT2D eigenvalue weighted by atomic mass is 10.2. The third-order valence-corrected chi connectivity index (χ3v) is 4.99. The molecule has 0 unspecified atom stereocenters. The van der Waals surface area contributed by atoms with Crippen molar-refractivity contribution in [3.8, 4) is 0 Å². The van der Waals surface area contributed by atoms with E-state index in [1.807, 2.05) is 30.9 Å². The highest BCUT2D eigenvalue weighted by molar-refractivity contribution is 5.94. The van der Waals surface area contributed by atoms with Gasteiger partial charge in [0.05, 0.1) is 5.56 Å². The second-order valence-electron chi connectivity index (χ2n) is 6.63. The molecule has 0 saturated carbocycles. The van der Waals surface area contributed by atoms with Crippen molar-refractivity contribution in [2.24, 2.45) is 0 Å². The summed E-state index contributed by atoms with van der Waals surface area (Å²) < 4.78 is 0. The van der Waals surface area contributed by atoms with Gasteiger partial charge in [-0.15, -0.1) is 0 Å². The Labute approximate surface area is 156 Å². The highest BCUT2D eigenvalue weighted by Gasteiger charge is 2.19. The van der Waals surface area contributed by atoms with Crippen molar-refractivity contribution in [3.63, 3.8) is 0 Å². The summed E-state index contributed by atoms with van der Waals surface area (Å²) in [6.07, 6.45) is 1.71. The van der Waals surface area contributed by atoms with Crippen molar-refractivity contribution < 1.29 is 4.79 Å². The van der Waals surface area contributed by atoms with E-state index < -0.39 is 0 Å². The first-order valence-electron chi connectivity index (χ1n) is 9.47. The molecular weight excluding hydrogens is 324 g/mol. The molecule has 5 heteroatoms. The van der Waals surface area contributed by atoms with Crippen LogP contribution in [-0.2, 0) is 6.54 Å². The van der Waals surface area contributed by atoms with Gasteiger partial charge in [0.25, 0.3) is 5.91 Å². The molecule has 3 rings (SSSR count). The summed E-state index contributed by atoms with van der Waals surface area (Å²) in [4.78, 5) is 23.5. The van der Waals surface area contributed by atoms with Crippen LogP contribution in [0, 0.1) is 0 Å². The molecule has 0 atom stereocenters. The van der Waals surface area contributed by atoms with Crippen LogP contribution in [-0.4, -0.2) is 60.0 Å². The van der Waals surface area contributed by atoms with E-state index in [2.05, 4.69) is 45.1 Å². The molecule has 1 aliphatic rings. The Morgan fingerprint density at radius 1 is 1.00 bits per heavy atom. The van der Waals surface area contributed by atoms with Crippen LogP contribution in [0.25, 0.3) is 0 Å². The Morgan fingerprint density at radius 3 is 2.27 bits per heavy atom. The summed E-state index contributed by atoms with van der Waals surface area (Å²) in [6.45, 7) is 10.4. The van der Waals surface area contributed by atoms with E-state index in [0.717, 1.165) is 51.6 Å². The lowest BCUT2D eigenvalue weighted by Crippen LogP contribution is -2.46. The number of rotatable bonds is 6. The van der Waals surface area contributed by atoms with Crippen LogP contribution < -0.4 is 4.90 Å². The summed E-state index contributed by atoms with van der Waals surface area (Å²) in [5, 5.41) is 0. The summed E-state index contributed by atoms with van der Waals surface area (Å²) in [5.74, 6) is 1.02. The van der Waals surface area contributed by atoms with Gasteiger partial charge < -0.3 is 9.80 Å². The fourth-order valence-corrected chi connectivity index (χ4v) is 3.37. The lowest BCUT2D eigenvalue weighted by Gasteiger charge is -2.35. The van der Waals surface area contributed by atoms with Crippen LogP contribution in [0.2, 0.25) is 0 Å². The van der Waals surface area contributed by atoms with Gasteiger partial charge in [0.15, 0.2) is 0 Å². The van der Waals surface area contributed by atoms with Crippen LogP contribution in [0.5, 0.6) is 0 Å². The van der Waals surface area contributed by atoms with E-state index in [-0.39, 0.29) is 5.91 Å². The van der Waals surface area contributed by atoms with E-state index in [4.69, 9.17) is 0 Å². The molecular formula is C21H28N4O. The first kappa shape index (κ1) is 18.4. The molecule has 0 aliphatic carbocycles. The van der Waals surface area contributed by atoms with Crippen molar-refractivity contribution >= 4 is 11.7 Å². The van der Waals surface area contributed by atoms with Crippen LogP contribution in [0.1, 0.15) is 29.8 Å². The highest BCUT2D eigenvalue weighted by Crippen LogP contribution is 2.16. The van der Waals surface area contributed by atoms with Gasteiger partial charge in [0, 0.05) is 52.0 Å². The molecule has 1 aromatic carbocycles. The molecule has 5 nitrogen and oxygen atoms in total. The van der Waals surface area contributed by atoms with Gasteiger partial charge in [0.1, 0.15) is 5.82 Å². The highest BCUT2D eigenvalue weighted by atomic mass is 16.2. The minimum atomic E-state index is 0.0572. The molecule has 2 heterocycles. The second-order valence-corrected chi connectivity index (χ2v) is 6.63. The van der Waals surface area contributed by atoms with Crippen molar-refractivity contribution in [2.75, 3.05) is 44.2 Å². The number of piperazine rings is 1. The maximum Gasteiger partial charge on any atom is 0.255 e. The van der Waals surface area contributed by atoms with E-state index in [1.165, 1.54) is 5.56 Å². The maximum absolute atomic E-state index is 12.4. The molecule has 0 bridgehead atoms. The minimum absolute atomic E-state index is 0.0572. The van der Waals surface area contributed by atoms with Gasteiger partial charge in [-0.3, -0.25) is 9.69 Å². The lowest BCUT2D eigenvalue weighted by molar-refractivity contribution is 0.0772. The molecule has 1 saturated heterocycles. The number of nitrogens with zero attached hydrogens (tertiary/aromatic N) is 4. The number of benzene rings is 1. The monoisotopic (exact) mass is 352 g/mol. The molecule has 1 amide bonds. The minimum Gasteiger partial charge on any atom is -0.354 e. The average Bonchev–Trinajstić information content (AvgIpc) is 2.70. The number of hydrogen-bond acceptors (Lipinski definition) is 4. The quantitative estimate of drug-likeness (QED) is 0.801. The summed E-state index contributed by atoms with van der Waals surface area (Å²) in [7, 11) is 0. The molecule has 2 aromatic rings. The second kappa shape index (κ2) is 8.81. The zero-order valence-electron chi connectivity index (χ0n) is 15.8. The Balaban J connectivity index is 1.55. The third-order valence-electron chi connectivity index (χ3n) is 4.99. The van der Waals surface area contributed by atoms with E-state index in [1.54, 1.807) is 6.20 Å². The molecule has 0 N–H and O–H groups in total. The number of anilines is 1. The predicted molar refractivity (Wildman–Crippen MR) is 105 cm³/mol. The van der Waals surface area contributed by atoms with Gasteiger partial charge in [0.2, 0.25) is 0 Å². The van der Waals surface area contributed by atoms with Crippen LogP contribution in [0.15, 0.2) is 48.7 Å². The molecule has 1 fully saturated rings. The van der Waals surface area contributed by atoms with Crippen molar-refractivity contribution in [1.29, 1.82) is 0 Å². The van der Waals surface area contributed by atoms with Gasteiger partial charge in [-0.1, -0.05) is 30.3 Å². The molecule has 138 valence electrons. The average molecular weight is 352 g/mol. The molecule has 26 heavy (non-hydrogen) atoms. The maximum atomic E-state index is 12.4. The van der Waals surface area contributed by atoms with Gasteiger partial charge in [-0.05, 0) is 31.5 Å². The van der Waals surface area contributed by atoms with Crippen molar-refractivity contribution in [2.45, 2.75) is 20.4 Å². The SMILES string of the molecule is CCN(CC)C(=O)c1ccc(N2CCN(Cc3ccccc3)CC2)nc1. The number of hydrogen-bond donors (Lipinski definition) is 0. The molecule has 0 spiro atoms. The first-order chi connectivity index (χ1) is 12.7. The fraction of sp³-hybridized carbons (Fsp3) is 0.429. The Morgan fingerprint density at radius 2 is 1.69 bits per heavy atom. The smallest absolute Gasteiger partial charge is 0.255 e. The van der Waals surface area contributed by atoms with Crippen LogP contribution in [0.3, 0.4) is 0 Å². The number of amides is 1. The third kappa shape index (κ3) is 4.41. The topological polar surface area (TPSA) is 39.7 Å². The standard InChI is InChI=1S/C21H28N4O/c1-3-24(4-2)21(26)19-10-11-20(22-16-19)25-14-12-23(13-15-25)17-18-8-6-5-7-9-18/h5-11,16H,3-4,12-15,17H2,1-2H3. The summed E-state index contributed by atoms with van der Waals surface area (Å²) in [5.41, 5.74) is 2.03. The van der Waals surface area contributed by atoms with Crippen molar-refractivity contribution in [3.05, 3.63) is 59.8 Å². The number of carbonyl (C=O) groups excluding carboxylic acids is 1. The zero-order chi connectivity index (χ0) is 18.4. The zero-order valence-corrected chi connectivity index (χ0v) is 15.8. The van der Waals surface area contributed by atoms with Gasteiger partial charge in [-0.2, -0.15) is 0 Å². The van der Waals surface area contributed by atoms with E-state index in [9.17, 15) is 4.79 Å². The van der Waals surface area contributed by atoms with E-state index in [0.29, 0.717) is 5.56 Å². The predicted octanol–water partition coefficient (Wildman–Crippen LogP) is 2.89. The van der Waals surface area contributed by atoms with Crippen LogP contribution in [0.4, 0.5) is 5.82 Å². The van der Waals surface area contributed by atoms with Crippen LogP contribution >= 0.6 is 0 Å². The number of pyridine rings is 1. The molecule has 0 radical (unpaired) electrons. The normalized spacial score (nSPS) is 15.1. The van der Waals surface area contributed by atoms with Crippen molar-refractivity contribution in [1.82, 2.24) is 14.8 Å². The molecule has 1 aliphatic heterocycles. The number of carbonyl (C=O) groups is 1. The number of aromatic nitrogens is 1. The summed E-state index contributed by atoms with van der Waals surface area (Å²) >= 11 is 0. The fourth-order valence-electron chi connectivity index (χ4n) is 3.37. The Bertz CT molecular complexity index is 690. The molecule has 1 aromatic heterocycles. The van der Waals surface area contributed by atoms with E-state index >= 15 is 0 Å².